The smallest absolute Gasteiger partial charge is 0 e. The van der Waals surface area contributed by atoms with Crippen LogP contribution in [0.3, 0.4) is 0 Å². The summed E-state index contributed by atoms with van der Waals surface area (Å²) < 4.78 is 0. The molecule has 52 valence electrons. The van der Waals surface area contributed by atoms with Crippen LogP contribution in [0.2, 0.25) is 0 Å². The first kappa shape index (κ1) is 17.7. The van der Waals surface area contributed by atoms with Gasteiger partial charge in [0.1, 0.15) is 0 Å². The minimum Gasteiger partial charge on any atom is -0.389 e. The second-order valence-corrected chi connectivity index (χ2v) is 1.65. The van der Waals surface area contributed by atoms with Crippen molar-refractivity contribution >= 4 is 0 Å². The van der Waals surface area contributed by atoms with Gasteiger partial charge in [-0.05, 0) is 0 Å². The molecule has 1 N–H and O–H groups in total. The Bertz CT molecular complexity index is 107. The fraction of sp³-hybridized carbons (Fsp3) is 0.286. The average Bonchev–Trinajstić information content (AvgIpc) is 1.91. The van der Waals surface area contributed by atoms with Crippen molar-refractivity contribution in [2.45, 2.75) is 0 Å². The van der Waals surface area contributed by atoms with E-state index in [1.807, 2.05) is 0 Å². The van der Waals surface area contributed by atoms with Crippen molar-refractivity contribution in [2.24, 2.45) is 0 Å². The molecule has 0 atom stereocenters. The topological polar surface area (TPSA) is 12.0 Å². The van der Waals surface area contributed by atoms with E-state index in [0.29, 0.717) is 0 Å². The Labute approximate surface area is 114 Å². The first-order chi connectivity index (χ1) is 3.30. The average molecular weight is 286 g/mol. The van der Waals surface area contributed by atoms with Gasteiger partial charge in [-0.3, -0.25) is 0 Å². The summed E-state index contributed by atoms with van der Waals surface area (Å²) in [6.07, 6.45) is 0. The van der Waals surface area contributed by atoms with Gasteiger partial charge in [-0.1, -0.05) is 13.1 Å². The van der Waals surface area contributed by atoms with E-state index in [2.05, 4.69) is 5.32 Å². The zero-order valence-electron chi connectivity index (χ0n) is 6.22. The van der Waals surface area contributed by atoms with Crippen LogP contribution < -0.4 is 5.32 Å². The van der Waals surface area contributed by atoms with Gasteiger partial charge >= 0.3 is 0 Å². The molecule has 0 aromatic rings. The number of nitrogens with one attached hydrogen (secondary N) is 1. The van der Waals surface area contributed by atoms with Gasteiger partial charge in [-0.15, -0.1) is 0 Å². The molecule has 1 aliphatic heterocycles. The molecule has 10 heavy (non-hydrogen) atoms. The third-order valence-electron chi connectivity index (χ3n) is 1.04. The normalized spacial score (nSPS) is 14.8. The summed E-state index contributed by atoms with van der Waals surface area (Å²) in [7, 11) is 0. The zero-order chi connectivity index (χ0) is 5.28. The number of hydrogen-bond donors (Lipinski definition) is 1. The van der Waals surface area contributed by atoms with Crippen LogP contribution in [0.5, 0.6) is 0 Å². The summed E-state index contributed by atoms with van der Waals surface area (Å²) in [5.41, 5.74) is 1.58. The summed E-state index contributed by atoms with van der Waals surface area (Å²) in [5, 5.41) is 3.00. The zero-order valence-corrected chi connectivity index (χ0v) is 11.9. The van der Waals surface area contributed by atoms with E-state index in [1.54, 1.807) is 0 Å². The van der Waals surface area contributed by atoms with E-state index in [4.69, 9.17) is 13.2 Å². The summed E-state index contributed by atoms with van der Waals surface area (Å²) in [5.74, 6) is 0. The SMILES string of the molecule is [CH-]=C1CNCC1=[CH-].[CH3-].[Y].[Y]. The van der Waals surface area contributed by atoms with Gasteiger partial charge in [0.15, 0.2) is 0 Å². The molecule has 0 amide bonds. The Hall–Kier alpha value is 1.65. The van der Waals surface area contributed by atoms with Crippen molar-refractivity contribution in [1.82, 2.24) is 5.32 Å². The van der Waals surface area contributed by atoms with Crippen LogP contribution in [0.15, 0.2) is 11.1 Å². The Balaban J connectivity index is -0.000000163. The van der Waals surface area contributed by atoms with Gasteiger partial charge in [0.05, 0.1) is 0 Å². The van der Waals surface area contributed by atoms with Crippen LogP contribution in [0.1, 0.15) is 0 Å². The molecule has 0 unspecified atom stereocenters. The second-order valence-electron chi connectivity index (χ2n) is 1.65. The van der Waals surface area contributed by atoms with Crippen molar-refractivity contribution in [1.29, 1.82) is 0 Å². The standard InChI is InChI=1S/C6H7N.CH3.2Y/c1-5-3-7-4-6(5)2;;;/h1-2,7H,3-4H2;1H3;;/q-2;-1;;. The van der Waals surface area contributed by atoms with Gasteiger partial charge < -0.3 is 37.0 Å². The van der Waals surface area contributed by atoms with Crippen molar-refractivity contribution in [3.63, 3.8) is 0 Å². The van der Waals surface area contributed by atoms with Crippen molar-refractivity contribution in [3.05, 3.63) is 31.7 Å². The Morgan fingerprint density at radius 3 is 1.40 bits per heavy atom. The van der Waals surface area contributed by atoms with Gasteiger partial charge in [-0.2, -0.15) is 0 Å². The molecule has 0 aliphatic carbocycles. The largest absolute Gasteiger partial charge is 0.389 e. The molecule has 1 rings (SSSR count). The van der Waals surface area contributed by atoms with E-state index in [9.17, 15) is 0 Å². The molecule has 1 nitrogen and oxygen atoms in total. The molecule has 1 heterocycles. The summed E-state index contributed by atoms with van der Waals surface area (Å²) in [6.45, 7) is 12.3. The predicted octanol–water partition coefficient (Wildman–Crippen LogP) is 0.754. The number of rotatable bonds is 0. The van der Waals surface area contributed by atoms with E-state index in [1.165, 1.54) is 0 Å². The van der Waals surface area contributed by atoms with E-state index in [0.717, 1.165) is 24.2 Å². The second kappa shape index (κ2) is 8.74. The Kier molecular flexibility index (Phi) is 15.4. The van der Waals surface area contributed by atoms with Crippen molar-refractivity contribution < 1.29 is 65.4 Å². The van der Waals surface area contributed by atoms with Crippen LogP contribution in [0.25, 0.3) is 0 Å². The van der Waals surface area contributed by atoms with Crippen molar-refractivity contribution in [3.8, 4) is 0 Å². The fourth-order valence-electron chi connectivity index (χ4n) is 0.559. The van der Waals surface area contributed by atoms with E-state index in [-0.39, 0.29) is 72.8 Å². The summed E-state index contributed by atoms with van der Waals surface area (Å²) in [4.78, 5) is 0. The summed E-state index contributed by atoms with van der Waals surface area (Å²) >= 11 is 0. The molecule has 1 saturated heterocycles. The van der Waals surface area contributed by atoms with Gasteiger partial charge in [0.25, 0.3) is 0 Å². The molecular formula is C7H10NY2-3. The molecule has 0 spiro atoms. The minimum absolute atomic E-state index is 0. The molecule has 0 bridgehead atoms. The van der Waals surface area contributed by atoms with Crippen LogP contribution in [-0.2, 0) is 65.4 Å². The van der Waals surface area contributed by atoms with Gasteiger partial charge in [0, 0.05) is 65.4 Å². The van der Waals surface area contributed by atoms with Crippen LogP contribution in [-0.4, -0.2) is 13.1 Å². The van der Waals surface area contributed by atoms with Crippen LogP contribution in [0.4, 0.5) is 0 Å². The first-order valence-electron chi connectivity index (χ1n) is 2.24. The maximum atomic E-state index is 5.37. The molecule has 0 saturated carbocycles. The Morgan fingerprint density at radius 1 is 1.00 bits per heavy atom. The minimum atomic E-state index is 0. The first-order valence-corrected chi connectivity index (χ1v) is 2.24. The molecule has 0 aromatic heterocycles. The van der Waals surface area contributed by atoms with Crippen LogP contribution >= 0.6 is 0 Å². The summed E-state index contributed by atoms with van der Waals surface area (Å²) in [6, 6.07) is 0. The predicted molar refractivity (Wildman–Crippen MR) is 34.9 cm³/mol. The van der Waals surface area contributed by atoms with Crippen LogP contribution in [0, 0.1) is 20.6 Å². The molecule has 3 heteroatoms. The number of hydrogen-bond acceptors (Lipinski definition) is 1. The van der Waals surface area contributed by atoms with Gasteiger partial charge in [0.2, 0.25) is 0 Å². The van der Waals surface area contributed by atoms with Crippen molar-refractivity contribution in [2.75, 3.05) is 13.1 Å². The quantitative estimate of drug-likeness (QED) is 0.648. The Morgan fingerprint density at radius 2 is 1.30 bits per heavy atom. The van der Waals surface area contributed by atoms with E-state index < -0.39 is 0 Å². The third kappa shape index (κ3) is 5.32. The molecule has 1 fully saturated rings. The third-order valence-corrected chi connectivity index (χ3v) is 1.04. The monoisotopic (exact) mass is 286 g/mol. The molecule has 0 aromatic carbocycles. The van der Waals surface area contributed by atoms with E-state index >= 15 is 0 Å². The maximum absolute atomic E-state index is 5.37. The molecule has 2 radical (unpaired) electrons. The molecular weight excluding hydrogens is 276 g/mol. The maximum Gasteiger partial charge on any atom is 0 e. The fourth-order valence-corrected chi connectivity index (χ4v) is 0.559. The molecule has 1 aliphatic rings. The van der Waals surface area contributed by atoms with Gasteiger partial charge in [-0.25, -0.2) is 0 Å².